The van der Waals surface area contributed by atoms with E-state index in [9.17, 15) is 38.4 Å². The van der Waals surface area contributed by atoms with Crippen LogP contribution in [0.15, 0.2) is 38.4 Å². The third kappa shape index (κ3) is 15.3. The summed E-state index contributed by atoms with van der Waals surface area (Å²) in [5.74, 6) is 0. The van der Waals surface area contributed by atoms with Gasteiger partial charge in [-0.05, 0) is 172 Å². The average molecular weight is 977 g/mol. The van der Waals surface area contributed by atoms with Crippen LogP contribution in [0, 0.1) is 0 Å². The van der Waals surface area contributed by atoms with Gasteiger partial charge in [0.15, 0.2) is 0 Å². The fourth-order valence-electron chi connectivity index (χ4n) is 9.02. The zero-order valence-corrected chi connectivity index (χ0v) is 43.0. The minimum absolute atomic E-state index is 0.331. The van der Waals surface area contributed by atoms with E-state index in [2.05, 4.69) is 62.1 Å². The number of nitrogens with zero attached hydrogens (tertiary/aromatic N) is 4. The van der Waals surface area contributed by atoms with Crippen LogP contribution in [0.3, 0.4) is 0 Å². The van der Waals surface area contributed by atoms with Crippen LogP contribution in [0.5, 0.6) is 0 Å². The molecule has 0 fully saturated rings. The highest BCUT2D eigenvalue weighted by molar-refractivity contribution is 5.76. The first-order chi connectivity index (χ1) is 33.2. The zero-order valence-electron chi connectivity index (χ0n) is 43.0. The molecule has 0 saturated carbocycles. The molecule has 0 atom stereocenters. The lowest BCUT2D eigenvalue weighted by Gasteiger charge is -2.30. The maximum absolute atomic E-state index is 12.6. The quantitative estimate of drug-likeness (QED) is 0.117. The van der Waals surface area contributed by atoms with Crippen LogP contribution in [0.4, 0.5) is 45.5 Å². The van der Waals surface area contributed by atoms with Gasteiger partial charge in [0.1, 0.15) is 45.5 Å². The van der Waals surface area contributed by atoms with Gasteiger partial charge >= 0.3 is 0 Å². The van der Waals surface area contributed by atoms with E-state index in [1.165, 1.54) is 0 Å². The van der Waals surface area contributed by atoms with Gasteiger partial charge in [0.25, 0.3) is 43.4 Å². The van der Waals surface area contributed by atoms with Crippen molar-refractivity contribution >= 4 is 45.5 Å². The second-order valence-electron chi connectivity index (χ2n) is 20.8. The van der Waals surface area contributed by atoms with Gasteiger partial charge in [-0.25, -0.2) is 0 Å². The molecular weight excluding hydrogens is 897 g/mol. The van der Waals surface area contributed by atoms with E-state index in [-0.39, 0.29) is 0 Å². The van der Waals surface area contributed by atoms with Crippen LogP contribution >= 0.6 is 0 Å². The molecule has 20 nitrogen and oxygen atoms in total. The molecule has 0 amide bonds. The molecule has 0 saturated heterocycles. The minimum atomic E-state index is -0.511. The third-order valence-corrected chi connectivity index (χ3v) is 13.4. The molecule has 0 radical (unpaired) electrons. The van der Waals surface area contributed by atoms with Crippen LogP contribution in [0.1, 0.15) is 91.9 Å². The Bertz CT molecular complexity index is 2610. The van der Waals surface area contributed by atoms with Gasteiger partial charge in [-0.1, -0.05) is 0 Å². The number of rotatable bonds is 0. The standard InChI is InChI=1S/C50H80N12O8/c1-49(2)17-9-25-59(5)27-11-19-51-33-34(42(64)41(33)63)52-20-12-29-61(7)30-13-21-53-35-36(44(66)43(35)65)54-22-14-31-62(8)32-16-24-56-38-40(48(70)46(38)68)58-50(3,4)18-10-26-60(6)28-15-23-55-37-39(57-49)47(69)45(37)67/h51-58H,9-32H2,1-8H3. The Morgan fingerprint density at radius 1 is 0.286 bits per heavy atom. The Balaban J connectivity index is 1.12. The summed E-state index contributed by atoms with van der Waals surface area (Å²) < 4.78 is 0. The summed E-state index contributed by atoms with van der Waals surface area (Å²) in [4.78, 5) is 109. The number of fused-ring (bicyclic) bond motifs is 4. The van der Waals surface area contributed by atoms with Crippen LogP contribution in [-0.2, 0) is 0 Å². The molecular formula is C50H80N12O8. The van der Waals surface area contributed by atoms with Crippen molar-refractivity contribution in [1.29, 1.82) is 0 Å². The van der Waals surface area contributed by atoms with Crippen LogP contribution in [0.2, 0.25) is 0 Å². The molecule has 1 aliphatic heterocycles. The summed E-state index contributed by atoms with van der Waals surface area (Å²) >= 11 is 0. The highest BCUT2D eigenvalue weighted by Gasteiger charge is 2.29. The Hall–Kier alpha value is -5.44. The van der Waals surface area contributed by atoms with E-state index in [4.69, 9.17) is 0 Å². The van der Waals surface area contributed by atoms with Crippen molar-refractivity contribution in [2.24, 2.45) is 0 Å². The lowest BCUT2D eigenvalue weighted by Crippen LogP contribution is -2.43. The van der Waals surface area contributed by atoms with Gasteiger partial charge in [-0.3, -0.25) is 38.4 Å². The van der Waals surface area contributed by atoms with E-state index in [1.54, 1.807) is 0 Å². The summed E-state index contributed by atoms with van der Waals surface area (Å²) in [5.41, 5.74) is -2.22. The van der Waals surface area contributed by atoms with Gasteiger partial charge in [-0.2, -0.15) is 0 Å². The molecule has 8 N–H and O–H groups in total. The van der Waals surface area contributed by atoms with Crippen molar-refractivity contribution in [3.8, 4) is 0 Å². The Kier molecular flexibility index (Phi) is 20.3. The average Bonchev–Trinajstić information content (AvgIpc) is 3.32. The van der Waals surface area contributed by atoms with E-state index in [0.29, 0.717) is 84.8 Å². The highest BCUT2D eigenvalue weighted by Crippen LogP contribution is 2.25. The van der Waals surface area contributed by atoms with Crippen LogP contribution in [0.25, 0.3) is 0 Å². The fourth-order valence-corrected chi connectivity index (χ4v) is 9.02. The largest absolute Gasteiger partial charge is 0.380 e. The van der Waals surface area contributed by atoms with Crippen molar-refractivity contribution in [3.05, 3.63) is 81.8 Å². The van der Waals surface area contributed by atoms with E-state index in [1.807, 2.05) is 55.9 Å². The molecule has 0 unspecified atom stereocenters. The predicted octanol–water partition coefficient (Wildman–Crippen LogP) is 1.67. The first-order valence-electron chi connectivity index (χ1n) is 25.3. The van der Waals surface area contributed by atoms with Gasteiger partial charge in [0, 0.05) is 50.3 Å². The number of hydrogen-bond donors (Lipinski definition) is 8. The number of anilines is 8. The normalized spacial score (nSPS) is 20.6. The minimum Gasteiger partial charge on any atom is -0.380 e. The summed E-state index contributed by atoms with van der Waals surface area (Å²) in [6, 6.07) is 0. The second-order valence-corrected chi connectivity index (χ2v) is 20.8. The topological polar surface area (TPSA) is 246 Å². The molecule has 0 bridgehead atoms. The molecule has 5 rings (SSSR count). The first kappa shape index (κ1) is 55.5. The molecule has 1 heterocycles. The number of nitrogens with one attached hydrogen (secondary N) is 8. The smallest absolute Gasteiger partial charge is 0.253 e. The lowest BCUT2D eigenvalue weighted by atomic mass is 9.96. The maximum atomic E-state index is 12.6. The molecule has 4 aromatic carbocycles. The van der Waals surface area contributed by atoms with Gasteiger partial charge in [-0.15, -0.1) is 0 Å². The molecule has 0 aromatic heterocycles. The van der Waals surface area contributed by atoms with Crippen LogP contribution < -0.4 is 86.0 Å². The molecule has 20 heteroatoms. The van der Waals surface area contributed by atoms with E-state index in [0.717, 1.165) is 117 Å². The molecule has 388 valence electrons. The monoisotopic (exact) mass is 977 g/mol. The summed E-state index contributed by atoms with van der Waals surface area (Å²) in [6.07, 6.45) is 7.74. The van der Waals surface area contributed by atoms with E-state index >= 15 is 0 Å². The molecule has 0 aliphatic carbocycles. The van der Waals surface area contributed by atoms with Gasteiger partial charge in [0.2, 0.25) is 0 Å². The summed E-state index contributed by atoms with van der Waals surface area (Å²) in [5, 5.41) is 25.6. The number of hydrogen-bond acceptors (Lipinski definition) is 20. The van der Waals surface area contributed by atoms with Crippen molar-refractivity contribution in [2.45, 2.75) is 103 Å². The van der Waals surface area contributed by atoms with Crippen molar-refractivity contribution in [2.75, 3.05) is 162 Å². The van der Waals surface area contributed by atoms with Gasteiger partial charge in [0.05, 0.1) is 0 Å². The molecule has 70 heavy (non-hydrogen) atoms. The Morgan fingerprint density at radius 3 is 0.671 bits per heavy atom. The van der Waals surface area contributed by atoms with Crippen LogP contribution in [-0.4, -0.2) is 150 Å². The SMILES string of the molecule is CN1CCCNc2c(c(=O)c2=O)NCCCN(C)CCCNc2c(c(=O)c2=O)NC(C)(C)CCCN(C)CCCNc2c(c(=O)c2=O)NC(C)(C)CCCN(C)CCCNc2c(c(=O)c2=O)NCCC1. The van der Waals surface area contributed by atoms with Gasteiger partial charge < -0.3 is 62.1 Å². The summed E-state index contributed by atoms with van der Waals surface area (Å²) in [6.45, 7) is 17.4. The van der Waals surface area contributed by atoms with Crippen molar-refractivity contribution in [1.82, 2.24) is 19.6 Å². The summed E-state index contributed by atoms with van der Waals surface area (Å²) in [7, 11) is 8.07. The zero-order chi connectivity index (χ0) is 51.2. The van der Waals surface area contributed by atoms with Crippen molar-refractivity contribution < 1.29 is 0 Å². The van der Waals surface area contributed by atoms with E-state index < -0.39 is 54.5 Å². The fraction of sp³-hybridized carbons (Fsp3) is 0.680. The first-order valence-corrected chi connectivity index (χ1v) is 25.3. The third-order valence-electron chi connectivity index (χ3n) is 13.4. The molecule has 0 spiro atoms. The highest BCUT2D eigenvalue weighted by atomic mass is 16.2. The maximum Gasteiger partial charge on any atom is 0.253 e. The van der Waals surface area contributed by atoms with Crippen molar-refractivity contribution in [3.63, 3.8) is 0 Å². The molecule has 1 aliphatic rings. The second kappa shape index (κ2) is 25.6. The Labute approximate surface area is 411 Å². The Morgan fingerprint density at radius 2 is 0.457 bits per heavy atom. The molecule has 4 aromatic rings. The lowest BCUT2D eigenvalue weighted by molar-refractivity contribution is 0.312. The predicted molar refractivity (Wildman–Crippen MR) is 288 cm³/mol.